The van der Waals surface area contributed by atoms with E-state index in [-0.39, 0.29) is 29.1 Å². The summed E-state index contributed by atoms with van der Waals surface area (Å²) in [5, 5.41) is 22.0. The maximum atomic E-state index is 13.7. The number of carbonyl (C=O) groups is 2. The van der Waals surface area contributed by atoms with E-state index in [1.165, 1.54) is 31.2 Å². The number of nitro groups is 1. The minimum atomic E-state index is -1.27. The minimum absolute atomic E-state index is 0.00465. The van der Waals surface area contributed by atoms with Crippen molar-refractivity contribution in [1.82, 2.24) is 5.32 Å². The van der Waals surface area contributed by atoms with Gasteiger partial charge < -0.3 is 15.2 Å². The first-order valence-corrected chi connectivity index (χ1v) is 7.44. The van der Waals surface area contributed by atoms with Crippen molar-refractivity contribution in [2.75, 3.05) is 6.61 Å². The fraction of sp³-hybridized carbons (Fsp3) is 0.176. The third kappa shape index (κ3) is 4.76. The SMILES string of the molecule is Cc1cc(C(=O)NCc2cccc([N+](=O)[O-])c2)c(OCC(=O)O)cc1F. The van der Waals surface area contributed by atoms with Gasteiger partial charge in [-0.25, -0.2) is 9.18 Å². The molecule has 136 valence electrons. The highest BCUT2D eigenvalue weighted by Gasteiger charge is 2.17. The lowest BCUT2D eigenvalue weighted by atomic mass is 10.1. The van der Waals surface area contributed by atoms with E-state index in [2.05, 4.69) is 5.32 Å². The van der Waals surface area contributed by atoms with Crippen LogP contribution in [0.5, 0.6) is 5.75 Å². The molecule has 0 bridgehead atoms. The summed E-state index contributed by atoms with van der Waals surface area (Å²) in [6.07, 6.45) is 0. The number of carboxylic acid groups (broad SMARTS) is 1. The van der Waals surface area contributed by atoms with E-state index < -0.39 is 29.2 Å². The Kier molecular flexibility index (Phi) is 5.84. The monoisotopic (exact) mass is 362 g/mol. The molecule has 0 aromatic heterocycles. The van der Waals surface area contributed by atoms with Crippen LogP contribution in [0, 0.1) is 22.9 Å². The van der Waals surface area contributed by atoms with E-state index in [0.29, 0.717) is 5.56 Å². The van der Waals surface area contributed by atoms with Crippen LogP contribution in [-0.4, -0.2) is 28.5 Å². The zero-order valence-corrected chi connectivity index (χ0v) is 13.7. The lowest BCUT2D eigenvalue weighted by Crippen LogP contribution is -2.24. The number of aliphatic carboxylic acids is 1. The average molecular weight is 362 g/mol. The van der Waals surface area contributed by atoms with Gasteiger partial charge in [0.1, 0.15) is 11.6 Å². The van der Waals surface area contributed by atoms with Crippen LogP contribution in [0.15, 0.2) is 36.4 Å². The van der Waals surface area contributed by atoms with Crippen LogP contribution in [-0.2, 0) is 11.3 Å². The molecule has 0 fully saturated rings. The Labute approximate surface area is 147 Å². The molecule has 0 saturated heterocycles. The van der Waals surface area contributed by atoms with Crippen molar-refractivity contribution in [2.45, 2.75) is 13.5 Å². The van der Waals surface area contributed by atoms with Gasteiger partial charge in [0.25, 0.3) is 11.6 Å². The quantitative estimate of drug-likeness (QED) is 0.577. The zero-order chi connectivity index (χ0) is 19.3. The number of nitrogens with zero attached hydrogens (tertiary/aromatic N) is 1. The summed E-state index contributed by atoms with van der Waals surface area (Å²) >= 11 is 0. The van der Waals surface area contributed by atoms with Crippen LogP contribution in [0.3, 0.4) is 0 Å². The first-order chi connectivity index (χ1) is 12.3. The molecule has 26 heavy (non-hydrogen) atoms. The number of carbonyl (C=O) groups excluding carboxylic acids is 1. The Bertz CT molecular complexity index is 868. The smallest absolute Gasteiger partial charge is 0.341 e. The second kappa shape index (κ2) is 8.06. The molecule has 0 saturated carbocycles. The van der Waals surface area contributed by atoms with Crippen molar-refractivity contribution in [1.29, 1.82) is 0 Å². The molecule has 2 aromatic rings. The van der Waals surface area contributed by atoms with Gasteiger partial charge in [0.05, 0.1) is 10.5 Å². The molecule has 0 heterocycles. The molecular formula is C17H15FN2O6. The summed E-state index contributed by atoms with van der Waals surface area (Å²) in [4.78, 5) is 33.2. The fourth-order valence-electron chi connectivity index (χ4n) is 2.16. The lowest BCUT2D eigenvalue weighted by molar-refractivity contribution is -0.384. The number of amides is 1. The molecule has 0 aliphatic heterocycles. The average Bonchev–Trinajstić information content (AvgIpc) is 2.60. The van der Waals surface area contributed by atoms with Gasteiger partial charge >= 0.3 is 5.97 Å². The van der Waals surface area contributed by atoms with Gasteiger partial charge in [-0.1, -0.05) is 12.1 Å². The zero-order valence-electron chi connectivity index (χ0n) is 13.7. The standard InChI is InChI=1S/C17H15FN2O6/c1-10-5-13(15(7-14(10)18)26-9-16(21)22)17(23)19-8-11-3-2-4-12(6-11)20(24)25/h2-7H,8-9H2,1H3,(H,19,23)(H,21,22). The van der Waals surface area contributed by atoms with E-state index >= 15 is 0 Å². The van der Waals surface area contributed by atoms with E-state index in [9.17, 15) is 24.1 Å². The molecule has 0 atom stereocenters. The number of hydrogen-bond donors (Lipinski definition) is 2. The Morgan fingerprint density at radius 1 is 1.31 bits per heavy atom. The number of nitrogens with one attached hydrogen (secondary N) is 1. The number of carboxylic acids is 1. The lowest BCUT2D eigenvalue weighted by Gasteiger charge is -2.12. The molecule has 9 heteroatoms. The molecule has 0 spiro atoms. The van der Waals surface area contributed by atoms with Crippen LogP contribution >= 0.6 is 0 Å². The first-order valence-electron chi connectivity index (χ1n) is 7.44. The summed E-state index contributed by atoms with van der Waals surface area (Å²) in [6.45, 7) is 0.719. The van der Waals surface area contributed by atoms with Gasteiger partial charge in [0, 0.05) is 24.7 Å². The van der Waals surface area contributed by atoms with E-state index in [1.54, 1.807) is 6.07 Å². The van der Waals surface area contributed by atoms with Gasteiger partial charge in [-0.3, -0.25) is 14.9 Å². The minimum Gasteiger partial charge on any atom is -0.481 e. The highest BCUT2D eigenvalue weighted by Crippen LogP contribution is 2.23. The molecule has 2 aromatic carbocycles. The molecular weight excluding hydrogens is 347 g/mol. The van der Waals surface area contributed by atoms with Crippen molar-refractivity contribution in [3.8, 4) is 5.75 Å². The Balaban J connectivity index is 2.18. The van der Waals surface area contributed by atoms with E-state index in [1.807, 2.05) is 0 Å². The molecule has 0 aliphatic rings. The summed E-state index contributed by atoms with van der Waals surface area (Å²) < 4.78 is 18.7. The summed E-state index contributed by atoms with van der Waals surface area (Å²) in [5.41, 5.74) is 0.544. The van der Waals surface area contributed by atoms with Crippen molar-refractivity contribution in [2.24, 2.45) is 0 Å². The predicted molar refractivity (Wildman–Crippen MR) is 88.5 cm³/mol. The summed E-state index contributed by atoms with van der Waals surface area (Å²) in [7, 11) is 0. The number of non-ortho nitro benzene ring substituents is 1. The van der Waals surface area contributed by atoms with Crippen molar-refractivity contribution in [3.63, 3.8) is 0 Å². The third-order valence-electron chi connectivity index (χ3n) is 3.43. The Morgan fingerprint density at radius 3 is 2.69 bits per heavy atom. The summed E-state index contributed by atoms with van der Waals surface area (Å²) in [5.74, 6) is -2.73. The molecule has 8 nitrogen and oxygen atoms in total. The van der Waals surface area contributed by atoms with Gasteiger partial charge in [0.15, 0.2) is 6.61 Å². The van der Waals surface area contributed by atoms with Crippen LogP contribution in [0.4, 0.5) is 10.1 Å². The number of halogens is 1. The normalized spacial score (nSPS) is 10.2. The molecule has 2 N–H and O–H groups in total. The fourth-order valence-corrected chi connectivity index (χ4v) is 2.16. The number of ether oxygens (including phenoxy) is 1. The number of aryl methyl sites for hydroxylation is 1. The van der Waals surface area contributed by atoms with Crippen LogP contribution in [0.25, 0.3) is 0 Å². The Morgan fingerprint density at radius 2 is 2.04 bits per heavy atom. The van der Waals surface area contributed by atoms with E-state index in [4.69, 9.17) is 9.84 Å². The predicted octanol–water partition coefficient (Wildman–Crippen LogP) is 2.44. The van der Waals surface area contributed by atoms with Gasteiger partial charge in [-0.15, -0.1) is 0 Å². The van der Waals surface area contributed by atoms with Crippen molar-refractivity contribution < 1.29 is 28.7 Å². The Hall–Kier alpha value is -3.49. The molecule has 0 radical (unpaired) electrons. The maximum absolute atomic E-state index is 13.7. The van der Waals surface area contributed by atoms with Crippen LogP contribution < -0.4 is 10.1 Å². The number of rotatable bonds is 7. The highest BCUT2D eigenvalue weighted by molar-refractivity contribution is 5.97. The largest absolute Gasteiger partial charge is 0.481 e. The number of benzene rings is 2. The van der Waals surface area contributed by atoms with Gasteiger partial charge in [-0.05, 0) is 24.1 Å². The molecule has 1 amide bonds. The topological polar surface area (TPSA) is 119 Å². The van der Waals surface area contributed by atoms with E-state index in [0.717, 1.165) is 6.07 Å². The second-order valence-electron chi connectivity index (χ2n) is 5.39. The number of hydrogen-bond acceptors (Lipinski definition) is 5. The maximum Gasteiger partial charge on any atom is 0.341 e. The van der Waals surface area contributed by atoms with Crippen LogP contribution in [0.1, 0.15) is 21.5 Å². The first kappa shape index (κ1) is 18.8. The van der Waals surface area contributed by atoms with Crippen molar-refractivity contribution in [3.05, 3.63) is 69.0 Å². The van der Waals surface area contributed by atoms with Crippen molar-refractivity contribution >= 4 is 17.6 Å². The number of nitro benzene ring substituents is 1. The summed E-state index contributed by atoms with van der Waals surface area (Å²) in [6, 6.07) is 7.93. The van der Waals surface area contributed by atoms with Gasteiger partial charge in [-0.2, -0.15) is 0 Å². The molecule has 0 aliphatic carbocycles. The molecule has 0 unspecified atom stereocenters. The third-order valence-corrected chi connectivity index (χ3v) is 3.43. The highest BCUT2D eigenvalue weighted by atomic mass is 19.1. The second-order valence-corrected chi connectivity index (χ2v) is 5.39. The van der Waals surface area contributed by atoms with Gasteiger partial charge in [0.2, 0.25) is 0 Å². The van der Waals surface area contributed by atoms with Crippen LogP contribution in [0.2, 0.25) is 0 Å². The molecule has 2 rings (SSSR count).